The van der Waals surface area contributed by atoms with Gasteiger partial charge >= 0.3 is 0 Å². The zero-order chi connectivity index (χ0) is 14.4. The van der Waals surface area contributed by atoms with E-state index in [0.29, 0.717) is 13.0 Å². The van der Waals surface area contributed by atoms with Crippen LogP contribution in [0.15, 0.2) is 30.5 Å². The van der Waals surface area contributed by atoms with Gasteiger partial charge < -0.3 is 14.9 Å². The Bertz CT molecular complexity index is 556. The molecular weight excluding hydrogens is 254 g/mol. The van der Waals surface area contributed by atoms with Crippen molar-refractivity contribution in [1.29, 1.82) is 0 Å². The lowest BCUT2D eigenvalue weighted by Crippen LogP contribution is -2.16. The molecule has 0 amide bonds. The van der Waals surface area contributed by atoms with Crippen molar-refractivity contribution >= 4 is 10.9 Å². The Hall–Kier alpha value is -1.65. The molecule has 4 nitrogen and oxygen atoms in total. The van der Waals surface area contributed by atoms with Crippen LogP contribution in [0.3, 0.4) is 0 Å². The fourth-order valence-corrected chi connectivity index (χ4v) is 2.14. The topological polar surface area (TPSA) is 62.6 Å². The van der Waals surface area contributed by atoms with Crippen LogP contribution in [0.4, 0.5) is 0 Å². The molecule has 0 bridgehead atoms. The molecule has 0 saturated heterocycles. The van der Waals surface area contributed by atoms with Crippen molar-refractivity contribution < 1.29 is 14.9 Å². The molecule has 0 radical (unpaired) electrons. The molecule has 0 fully saturated rings. The molecule has 0 aliphatic heterocycles. The van der Waals surface area contributed by atoms with E-state index in [-0.39, 0.29) is 6.61 Å². The molecule has 2 N–H and O–H groups in total. The van der Waals surface area contributed by atoms with Gasteiger partial charge in [-0.3, -0.25) is 4.98 Å². The summed E-state index contributed by atoms with van der Waals surface area (Å²) in [7, 11) is 0. The Labute approximate surface area is 119 Å². The Balaban J connectivity index is 2.36. The number of ether oxygens (including phenoxy) is 1. The van der Waals surface area contributed by atoms with Crippen LogP contribution in [0.1, 0.15) is 25.3 Å². The van der Waals surface area contributed by atoms with Gasteiger partial charge in [0.1, 0.15) is 5.75 Å². The SMILES string of the molecule is CCCCOc1c(CC(O)CO)ccc2ncccc12. The molecule has 0 saturated carbocycles. The summed E-state index contributed by atoms with van der Waals surface area (Å²) in [6, 6.07) is 7.68. The number of rotatable bonds is 7. The van der Waals surface area contributed by atoms with E-state index < -0.39 is 6.10 Å². The van der Waals surface area contributed by atoms with Crippen LogP contribution in [0.2, 0.25) is 0 Å². The smallest absolute Gasteiger partial charge is 0.131 e. The summed E-state index contributed by atoms with van der Waals surface area (Å²) >= 11 is 0. The minimum absolute atomic E-state index is 0.251. The van der Waals surface area contributed by atoms with Crippen LogP contribution >= 0.6 is 0 Å². The summed E-state index contributed by atoms with van der Waals surface area (Å²) in [5.74, 6) is 0.775. The summed E-state index contributed by atoms with van der Waals surface area (Å²) in [6.07, 6.45) is 3.41. The van der Waals surface area contributed by atoms with Crippen molar-refractivity contribution in [2.45, 2.75) is 32.3 Å². The number of pyridine rings is 1. The minimum atomic E-state index is -0.766. The monoisotopic (exact) mass is 275 g/mol. The number of aliphatic hydroxyl groups excluding tert-OH is 2. The van der Waals surface area contributed by atoms with Crippen LogP contribution in [-0.2, 0) is 6.42 Å². The number of aliphatic hydroxyl groups is 2. The molecule has 0 spiro atoms. The lowest BCUT2D eigenvalue weighted by atomic mass is 10.0. The number of aromatic nitrogens is 1. The van der Waals surface area contributed by atoms with E-state index >= 15 is 0 Å². The predicted molar refractivity (Wildman–Crippen MR) is 78.9 cm³/mol. The maximum Gasteiger partial charge on any atom is 0.131 e. The van der Waals surface area contributed by atoms with E-state index in [1.807, 2.05) is 24.3 Å². The molecule has 1 aromatic heterocycles. The minimum Gasteiger partial charge on any atom is -0.493 e. The normalized spacial score (nSPS) is 12.6. The van der Waals surface area contributed by atoms with Gasteiger partial charge in [0.15, 0.2) is 0 Å². The van der Waals surface area contributed by atoms with E-state index in [9.17, 15) is 5.11 Å². The van der Waals surface area contributed by atoms with Gasteiger partial charge in [-0.05, 0) is 30.2 Å². The van der Waals surface area contributed by atoms with Gasteiger partial charge in [-0.15, -0.1) is 0 Å². The third-order valence-electron chi connectivity index (χ3n) is 3.23. The highest BCUT2D eigenvalue weighted by Crippen LogP contribution is 2.30. The second kappa shape index (κ2) is 7.22. The van der Waals surface area contributed by atoms with Crippen LogP contribution in [0.5, 0.6) is 5.75 Å². The van der Waals surface area contributed by atoms with Gasteiger partial charge in [-0.1, -0.05) is 19.4 Å². The molecule has 1 atom stereocenters. The Morgan fingerprint density at radius 2 is 2.15 bits per heavy atom. The lowest BCUT2D eigenvalue weighted by molar-refractivity contribution is 0.0948. The van der Waals surface area contributed by atoms with Gasteiger partial charge in [-0.25, -0.2) is 0 Å². The predicted octanol–water partition coefficient (Wildman–Crippen LogP) is 2.31. The van der Waals surface area contributed by atoms with E-state index in [1.54, 1.807) is 6.20 Å². The first-order valence-electron chi connectivity index (χ1n) is 7.04. The Kier molecular flexibility index (Phi) is 5.32. The number of hydrogen-bond donors (Lipinski definition) is 2. The highest BCUT2D eigenvalue weighted by atomic mass is 16.5. The molecule has 4 heteroatoms. The van der Waals surface area contributed by atoms with Crippen molar-refractivity contribution in [2.75, 3.05) is 13.2 Å². The van der Waals surface area contributed by atoms with Crippen LogP contribution in [0, 0.1) is 0 Å². The zero-order valence-electron chi connectivity index (χ0n) is 11.7. The maximum atomic E-state index is 9.66. The third-order valence-corrected chi connectivity index (χ3v) is 3.23. The van der Waals surface area contributed by atoms with Crippen molar-refractivity contribution in [3.05, 3.63) is 36.0 Å². The summed E-state index contributed by atoms with van der Waals surface area (Å²) in [4.78, 5) is 4.32. The first-order valence-corrected chi connectivity index (χ1v) is 7.04. The summed E-state index contributed by atoms with van der Waals surface area (Å²) in [5.41, 5.74) is 1.78. The van der Waals surface area contributed by atoms with Gasteiger partial charge in [0.25, 0.3) is 0 Å². The van der Waals surface area contributed by atoms with Gasteiger partial charge in [0.2, 0.25) is 0 Å². The molecule has 1 unspecified atom stereocenters. The van der Waals surface area contributed by atoms with Crippen molar-refractivity contribution in [2.24, 2.45) is 0 Å². The number of fused-ring (bicyclic) bond motifs is 1. The van der Waals surface area contributed by atoms with E-state index in [4.69, 9.17) is 9.84 Å². The van der Waals surface area contributed by atoms with Gasteiger partial charge in [-0.2, -0.15) is 0 Å². The number of unbranched alkanes of at least 4 members (excludes halogenated alkanes) is 1. The molecule has 20 heavy (non-hydrogen) atoms. The molecule has 2 aromatic rings. The van der Waals surface area contributed by atoms with E-state index in [1.165, 1.54) is 0 Å². The maximum absolute atomic E-state index is 9.66. The first-order chi connectivity index (χ1) is 9.76. The van der Waals surface area contributed by atoms with Crippen LogP contribution in [0.25, 0.3) is 10.9 Å². The molecule has 1 aromatic carbocycles. The second-order valence-electron chi connectivity index (χ2n) is 4.87. The number of nitrogens with zero attached hydrogens (tertiary/aromatic N) is 1. The highest BCUT2D eigenvalue weighted by molar-refractivity contribution is 5.86. The summed E-state index contributed by atoms with van der Waals surface area (Å²) < 4.78 is 5.90. The number of benzene rings is 1. The second-order valence-corrected chi connectivity index (χ2v) is 4.87. The van der Waals surface area contributed by atoms with E-state index in [0.717, 1.165) is 35.1 Å². The van der Waals surface area contributed by atoms with Crippen molar-refractivity contribution in [3.8, 4) is 5.75 Å². The van der Waals surface area contributed by atoms with Gasteiger partial charge in [0, 0.05) is 18.0 Å². The first kappa shape index (κ1) is 14.8. The molecular formula is C16H21NO3. The van der Waals surface area contributed by atoms with Crippen LogP contribution < -0.4 is 4.74 Å². The molecule has 0 aliphatic rings. The van der Waals surface area contributed by atoms with E-state index in [2.05, 4.69) is 11.9 Å². The lowest BCUT2D eigenvalue weighted by Gasteiger charge is -2.15. The molecule has 1 heterocycles. The third kappa shape index (κ3) is 3.46. The van der Waals surface area contributed by atoms with Crippen LogP contribution in [-0.4, -0.2) is 34.5 Å². The fourth-order valence-electron chi connectivity index (χ4n) is 2.14. The quantitative estimate of drug-likeness (QED) is 0.761. The van der Waals surface area contributed by atoms with Crippen molar-refractivity contribution in [1.82, 2.24) is 4.98 Å². The number of hydrogen-bond acceptors (Lipinski definition) is 4. The molecule has 108 valence electrons. The zero-order valence-corrected chi connectivity index (χ0v) is 11.7. The average molecular weight is 275 g/mol. The Morgan fingerprint density at radius 1 is 1.30 bits per heavy atom. The molecule has 0 aliphatic carbocycles. The summed E-state index contributed by atoms with van der Waals surface area (Å²) in [6.45, 7) is 2.51. The van der Waals surface area contributed by atoms with Crippen molar-refractivity contribution in [3.63, 3.8) is 0 Å². The fraction of sp³-hybridized carbons (Fsp3) is 0.438. The average Bonchev–Trinajstić information content (AvgIpc) is 2.49. The standard InChI is InChI=1S/C16H21NO3/c1-2-3-9-20-16-12(10-13(19)11-18)6-7-15-14(16)5-4-8-17-15/h4-8,13,18-19H,2-3,9-11H2,1H3. The molecule has 2 rings (SSSR count). The largest absolute Gasteiger partial charge is 0.493 e. The summed E-state index contributed by atoms with van der Waals surface area (Å²) in [5, 5.41) is 19.6. The van der Waals surface area contributed by atoms with Gasteiger partial charge in [0.05, 0.1) is 24.8 Å². The highest BCUT2D eigenvalue weighted by Gasteiger charge is 2.13. The Morgan fingerprint density at radius 3 is 2.90 bits per heavy atom.